The predicted octanol–water partition coefficient (Wildman–Crippen LogP) is 6.99. The first kappa shape index (κ1) is 42.0. The Bertz CT molecular complexity index is 1230. The zero-order valence-corrected chi connectivity index (χ0v) is 31.3. The molecule has 13 heteroatoms. The van der Waals surface area contributed by atoms with Crippen molar-refractivity contribution in [3.05, 3.63) is 29.8 Å². The number of carbonyl (C=O) groups is 3. The standard InChI is InChI=1S/C34H59N3O9S/c1-12-35(29(38)44-32(3,4)5)22-23-37(31(40)46-34(9,10)11)25-24-36(30(39)45-33(6,7)8)21-15-13-14-16-26-43-47(41,42)28-19-17-27(2)18-20-28/h17-20H,12-16,21-26H2,1-11H3. The molecule has 0 saturated heterocycles. The van der Waals surface area contributed by atoms with Gasteiger partial charge in [-0.15, -0.1) is 0 Å². The van der Waals surface area contributed by atoms with Gasteiger partial charge in [-0.1, -0.05) is 30.5 Å². The highest BCUT2D eigenvalue weighted by Crippen LogP contribution is 2.16. The van der Waals surface area contributed by atoms with E-state index in [1.54, 1.807) is 79.3 Å². The van der Waals surface area contributed by atoms with Gasteiger partial charge in [0.15, 0.2) is 0 Å². The van der Waals surface area contributed by atoms with E-state index in [9.17, 15) is 22.8 Å². The third-order valence-electron chi connectivity index (χ3n) is 6.49. The summed E-state index contributed by atoms with van der Waals surface area (Å²) >= 11 is 0. The molecular formula is C34H59N3O9S. The molecule has 1 aromatic carbocycles. The molecule has 0 heterocycles. The molecule has 0 fully saturated rings. The Labute approximate surface area is 283 Å². The third-order valence-corrected chi connectivity index (χ3v) is 7.81. The molecule has 3 amide bonds. The molecule has 1 rings (SSSR count). The van der Waals surface area contributed by atoms with E-state index >= 15 is 0 Å². The summed E-state index contributed by atoms with van der Waals surface area (Å²) in [5.41, 5.74) is -1.15. The van der Waals surface area contributed by atoms with Crippen LogP contribution in [0.2, 0.25) is 0 Å². The van der Waals surface area contributed by atoms with Crippen molar-refractivity contribution in [1.29, 1.82) is 0 Å². The fraction of sp³-hybridized carbons (Fsp3) is 0.735. The van der Waals surface area contributed by atoms with Crippen LogP contribution >= 0.6 is 0 Å². The molecule has 270 valence electrons. The molecule has 0 aliphatic heterocycles. The van der Waals surface area contributed by atoms with Crippen LogP contribution in [0.5, 0.6) is 0 Å². The number of ether oxygens (including phenoxy) is 3. The highest BCUT2D eigenvalue weighted by Gasteiger charge is 2.28. The van der Waals surface area contributed by atoms with E-state index in [2.05, 4.69) is 0 Å². The molecule has 12 nitrogen and oxygen atoms in total. The van der Waals surface area contributed by atoms with E-state index in [0.29, 0.717) is 32.4 Å². The van der Waals surface area contributed by atoms with E-state index in [0.717, 1.165) is 12.0 Å². The van der Waals surface area contributed by atoms with E-state index in [-0.39, 0.29) is 37.7 Å². The first-order valence-corrected chi connectivity index (χ1v) is 17.8. The summed E-state index contributed by atoms with van der Waals surface area (Å²) in [6, 6.07) is 6.51. The molecule has 47 heavy (non-hydrogen) atoms. The van der Waals surface area contributed by atoms with Crippen LogP contribution in [0.4, 0.5) is 14.4 Å². The van der Waals surface area contributed by atoms with Gasteiger partial charge >= 0.3 is 18.3 Å². The van der Waals surface area contributed by atoms with E-state index in [1.807, 2.05) is 13.8 Å². The van der Waals surface area contributed by atoms with Crippen LogP contribution in [0.1, 0.15) is 100 Å². The van der Waals surface area contributed by atoms with Crippen molar-refractivity contribution < 1.29 is 41.2 Å². The highest BCUT2D eigenvalue weighted by molar-refractivity contribution is 7.86. The minimum absolute atomic E-state index is 0.0644. The van der Waals surface area contributed by atoms with Crippen LogP contribution in [0, 0.1) is 6.92 Å². The summed E-state index contributed by atoms with van der Waals surface area (Å²) in [4.78, 5) is 43.7. The van der Waals surface area contributed by atoms with Gasteiger partial charge < -0.3 is 28.9 Å². The zero-order valence-electron chi connectivity index (χ0n) is 30.5. The highest BCUT2D eigenvalue weighted by atomic mass is 32.2. The molecule has 0 aromatic heterocycles. The zero-order chi connectivity index (χ0) is 36.1. The monoisotopic (exact) mass is 685 g/mol. The van der Waals surface area contributed by atoms with Gasteiger partial charge in [0.25, 0.3) is 10.1 Å². The number of amides is 3. The minimum atomic E-state index is -3.81. The molecule has 0 spiro atoms. The maximum Gasteiger partial charge on any atom is 0.410 e. The number of hydrogen-bond donors (Lipinski definition) is 0. The summed E-state index contributed by atoms with van der Waals surface area (Å²) in [6.45, 7) is 21.4. The number of unbranched alkanes of at least 4 members (excludes halogenated alkanes) is 3. The topological polar surface area (TPSA) is 132 Å². The van der Waals surface area contributed by atoms with Gasteiger partial charge in [-0.25, -0.2) is 14.4 Å². The second kappa shape index (κ2) is 18.5. The first-order chi connectivity index (χ1) is 21.5. The van der Waals surface area contributed by atoms with Crippen molar-refractivity contribution in [3.63, 3.8) is 0 Å². The van der Waals surface area contributed by atoms with Crippen LogP contribution in [0.25, 0.3) is 0 Å². The van der Waals surface area contributed by atoms with Crippen molar-refractivity contribution in [2.24, 2.45) is 0 Å². The average Bonchev–Trinajstić information content (AvgIpc) is 2.90. The van der Waals surface area contributed by atoms with Gasteiger partial charge in [-0.05, 0) is 101 Å². The number of carbonyl (C=O) groups excluding carboxylic acids is 3. The molecular weight excluding hydrogens is 626 g/mol. The van der Waals surface area contributed by atoms with Crippen molar-refractivity contribution in [1.82, 2.24) is 14.7 Å². The quantitative estimate of drug-likeness (QED) is 0.103. The van der Waals surface area contributed by atoms with Gasteiger partial charge in [0.05, 0.1) is 11.5 Å². The molecule has 0 aliphatic rings. The first-order valence-electron chi connectivity index (χ1n) is 16.4. The summed E-state index contributed by atoms with van der Waals surface area (Å²) in [5.74, 6) is 0. The number of likely N-dealkylation sites (N-methyl/N-ethyl adjacent to an activating group) is 1. The van der Waals surface area contributed by atoms with E-state index < -0.39 is 45.2 Å². The smallest absolute Gasteiger partial charge is 0.410 e. The lowest BCUT2D eigenvalue weighted by Crippen LogP contribution is -2.48. The number of aryl methyl sites for hydroxylation is 1. The molecule has 0 atom stereocenters. The maximum atomic E-state index is 13.2. The molecule has 0 aliphatic carbocycles. The molecule has 0 unspecified atom stereocenters. The van der Waals surface area contributed by atoms with Crippen LogP contribution < -0.4 is 0 Å². The molecule has 0 saturated carbocycles. The van der Waals surface area contributed by atoms with Gasteiger partial charge in [-0.2, -0.15) is 8.42 Å². The molecule has 0 N–H and O–H groups in total. The number of benzene rings is 1. The second-order valence-corrected chi connectivity index (χ2v) is 16.1. The van der Waals surface area contributed by atoms with E-state index in [1.165, 1.54) is 21.9 Å². The SMILES string of the molecule is CCN(CCN(CCN(CCCCCCOS(=O)(=O)c1ccc(C)cc1)C(=O)OC(C)(C)C)C(=O)OC(C)(C)C)C(=O)OC(C)(C)C. The molecule has 0 radical (unpaired) electrons. The van der Waals surface area contributed by atoms with Crippen LogP contribution in [-0.2, 0) is 28.5 Å². The van der Waals surface area contributed by atoms with Gasteiger partial charge in [0, 0.05) is 39.3 Å². The normalized spacial score (nSPS) is 12.3. The number of nitrogens with zero attached hydrogens (tertiary/aromatic N) is 3. The summed E-state index contributed by atoms with van der Waals surface area (Å²) in [7, 11) is -3.81. The lowest BCUT2D eigenvalue weighted by molar-refractivity contribution is 0.00866. The Morgan fingerprint density at radius 3 is 1.40 bits per heavy atom. The third kappa shape index (κ3) is 18.2. The van der Waals surface area contributed by atoms with Crippen molar-refractivity contribution in [2.45, 2.75) is 124 Å². The Kier molecular flexibility index (Phi) is 16.5. The lowest BCUT2D eigenvalue weighted by Gasteiger charge is -2.33. The fourth-order valence-corrected chi connectivity index (χ4v) is 5.07. The van der Waals surface area contributed by atoms with Crippen LogP contribution in [-0.4, -0.2) is 104 Å². The Morgan fingerprint density at radius 2 is 0.979 bits per heavy atom. The molecule has 1 aromatic rings. The summed E-state index contributed by atoms with van der Waals surface area (Å²) in [5, 5.41) is 0. The maximum absolute atomic E-state index is 13.2. The molecule has 0 bridgehead atoms. The van der Waals surface area contributed by atoms with Crippen molar-refractivity contribution in [3.8, 4) is 0 Å². The van der Waals surface area contributed by atoms with Gasteiger partial charge in [0.2, 0.25) is 0 Å². The van der Waals surface area contributed by atoms with Crippen molar-refractivity contribution >= 4 is 28.4 Å². The Hall–Kier alpha value is -3.06. The van der Waals surface area contributed by atoms with E-state index in [4.69, 9.17) is 18.4 Å². The largest absolute Gasteiger partial charge is 0.444 e. The Morgan fingerprint density at radius 1 is 0.596 bits per heavy atom. The predicted molar refractivity (Wildman–Crippen MR) is 182 cm³/mol. The van der Waals surface area contributed by atoms with Crippen molar-refractivity contribution in [2.75, 3.05) is 45.9 Å². The number of hydrogen-bond acceptors (Lipinski definition) is 9. The minimum Gasteiger partial charge on any atom is -0.444 e. The van der Waals surface area contributed by atoms with Gasteiger partial charge in [0.1, 0.15) is 16.8 Å². The lowest BCUT2D eigenvalue weighted by atomic mass is 10.2. The Balaban J connectivity index is 2.84. The van der Waals surface area contributed by atoms with Crippen LogP contribution in [0.15, 0.2) is 29.2 Å². The second-order valence-electron chi connectivity index (χ2n) is 14.5. The summed E-state index contributed by atoms with van der Waals surface area (Å²) in [6.07, 6.45) is 1.07. The fourth-order valence-electron chi connectivity index (χ4n) is 4.13. The average molecular weight is 686 g/mol. The number of rotatable bonds is 16. The van der Waals surface area contributed by atoms with Crippen LogP contribution in [0.3, 0.4) is 0 Å². The summed E-state index contributed by atoms with van der Waals surface area (Å²) < 4.78 is 46.8. The van der Waals surface area contributed by atoms with Gasteiger partial charge in [-0.3, -0.25) is 4.18 Å².